The SMILES string of the molecule is CC(=O)c1cc(N)ccc1Oc1cc(C(C)C)ncn1. The Kier molecular flexibility index (Phi) is 3.98. The average Bonchev–Trinajstić information content (AvgIpc) is 2.41. The molecular weight excluding hydrogens is 254 g/mol. The number of nitrogens with two attached hydrogens (primary N) is 1. The van der Waals surface area contributed by atoms with Gasteiger partial charge in [0.25, 0.3) is 0 Å². The summed E-state index contributed by atoms with van der Waals surface area (Å²) in [6.45, 7) is 5.55. The molecule has 0 saturated heterocycles. The first-order valence-corrected chi connectivity index (χ1v) is 6.37. The molecule has 2 N–H and O–H groups in total. The van der Waals surface area contributed by atoms with E-state index < -0.39 is 0 Å². The first kappa shape index (κ1) is 14.0. The van der Waals surface area contributed by atoms with Gasteiger partial charge in [-0.05, 0) is 31.0 Å². The Bertz CT molecular complexity index is 639. The molecule has 104 valence electrons. The van der Waals surface area contributed by atoms with E-state index in [0.29, 0.717) is 22.9 Å². The number of rotatable bonds is 4. The molecule has 0 unspecified atom stereocenters. The second kappa shape index (κ2) is 5.69. The molecule has 0 radical (unpaired) electrons. The number of aromatic nitrogens is 2. The third kappa shape index (κ3) is 3.12. The Balaban J connectivity index is 2.35. The molecule has 0 spiro atoms. The normalized spacial score (nSPS) is 10.6. The zero-order chi connectivity index (χ0) is 14.7. The number of nitrogens with zero attached hydrogens (tertiary/aromatic N) is 2. The maximum Gasteiger partial charge on any atom is 0.222 e. The molecule has 20 heavy (non-hydrogen) atoms. The van der Waals surface area contributed by atoms with Crippen LogP contribution in [0.15, 0.2) is 30.6 Å². The van der Waals surface area contributed by atoms with Crippen LogP contribution in [-0.4, -0.2) is 15.8 Å². The van der Waals surface area contributed by atoms with Gasteiger partial charge in [-0.25, -0.2) is 9.97 Å². The largest absolute Gasteiger partial charge is 0.438 e. The first-order valence-electron chi connectivity index (χ1n) is 6.37. The van der Waals surface area contributed by atoms with E-state index in [0.717, 1.165) is 5.69 Å². The van der Waals surface area contributed by atoms with Crippen molar-refractivity contribution in [2.24, 2.45) is 0 Å². The van der Waals surface area contributed by atoms with E-state index >= 15 is 0 Å². The summed E-state index contributed by atoms with van der Waals surface area (Å²) >= 11 is 0. The molecule has 5 heteroatoms. The lowest BCUT2D eigenvalue weighted by Crippen LogP contribution is -2.01. The van der Waals surface area contributed by atoms with Crippen molar-refractivity contribution in [3.8, 4) is 11.6 Å². The van der Waals surface area contributed by atoms with Crippen molar-refractivity contribution in [2.75, 3.05) is 5.73 Å². The first-order chi connectivity index (χ1) is 9.47. The summed E-state index contributed by atoms with van der Waals surface area (Å²) in [4.78, 5) is 19.9. The van der Waals surface area contributed by atoms with E-state index in [4.69, 9.17) is 10.5 Å². The van der Waals surface area contributed by atoms with Crippen molar-refractivity contribution in [2.45, 2.75) is 26.7 Å². The van der Waals surface area contributed by atoms with Crippen LogP contribution in [0.3, 0.4) is 0 Å². The Morgan fingerprint density at radius 2 is 2.00 bits per heavy atom. The molecule has 1 heterocycles. The second-order valence-corrected chi connectivity index (χ2v) is 4.85. The molecule has 0 aliphatic carbocycles. The van der Waals surface area contributed by atoms with Crippen molar-refractivity contribution < 1.29 is 9.53 Å². The van der Waals surface area contributed by atoms with Gasteiger partial charge in [0.1, 0.15) is 12.1 Å². The van der Waals surface area contributed by atoms with Crippen LogP contribution in [0.2, 0.25) is 0 Å². The molecule has 0 amide bonds. The van der Waals surface area contributed by atoms with E-state index in [9.17, 15) is 4.79 Å². The Morgan fingerprint density at radius 1 is 1.25 bits per heavy atom. The number of nitrogen functional groups attached to an aromatic ring is 1. The van der Waals surface area contributed by atoms with Gasteiger partial charge in [-0.1, -0.05) is 13.8 Å². The molecule has 5 nitrogen and oxygen atoms in total. The number of carbonyl (C=O) groups is 1. The van der Waals surface area contributed by atoms with Gasteiger partial charge in [0.2, 0.25) is 5.88 Å². The van der Waals surface area contributed by atoms with Crippen molar-refractivity contribution in [1.82, 2.24) is 9.97 Å². The molecule has 1 aromatic carbocycles. The fourth-order valence-electron chi connectivity index (χ4n) is 1.75. The fourth-order valence-corrected chi connectivity index (χ4v) is 1.75. The smallest absolute Gasteiger partial charge is 0.222 e. The highest BCUT2D eigenvalue weighted by atomic mass is 16.5. The summed E-state index contributed by atoms with van der Waals surface area (Å²) in [5.74, 6) is 1.03. The number of ether oxygens (including phenoxy) is 1. The van der Waals surface area contributed by atoms with Crippen LogP contribution < -0.4 is 10.5 Å². The lowest BCUT2D eigenvalue weighted by molar-refractivity contribution is 0.101. The molecule has 0 saturated carbocycles. The van der Waals surface area contributed by atoms with E-state index in [2.05, 4.69) is 9.97 Å². The topological polar surface area (TPSA) is 78.1 Å². The number of anilines is 1. The maximum atomic E-state index is 11.6. The van der Waals surface area contributed by atoms with Gasteiger partial charge in [0.05, 0.1) is 11.3 Å². The number of hydrogen-bond acceptors (Lipinski definition) is 5. The summed E-state index contributed by atoms with van der Waals surface area (Å²) in [5, 5.41) is 0. The number of hydrogen-bond donors (Lipinski definition) is 1. The minimum atomic E-state index is -0.106. The van der Waals surface area contributed by atoms with Crippen LogP contribution in [0.4, 0.5) is 5.69 Å². The standard InChI is InChI=1S/C15H17N3O2/c1-9(2)13-7-15(18-8-17-13)20-14-5-4-11(16)6-12(14)10(3)19/h4-9H,16H2,1-3H3. The molecule has 2 aromatic rings. The zero-order valence-corrected chi connectivity index (χ0v) is 11.8. The lowest BCUT2D eigenvalue weighted by Gasteiger charge is -2.10. The van der Waals surface area contributed by atoms with Gasteiger partial charge in [0, 0.05) is 11.8 Å². The molecule has 2 rings (SSSR count). The van der Waals surface area contributed by atoms with Crippen LogP contribution in [-0.2, 0) is 0 Å². The third-order valence-corrected chi connectivity index (χ3v) is 2.85. The van der Waals surface area contributed by atoms with Crippen molar-refractivity contribution in [3.63, 3.8) is 0 Å². The van der Waals surface area contributed by atoms with Crippen molar-refractivity contribution >= 4 is 11.5 Å². The Labute approximate surface area is 117 Å². The summed E-state index contributed by atoms with van der Waals surface area (Å²) in [7, 11) is 0. The zero-order valence-electron chi connectivity index (χ0n) is 11.8. The molecule has 1 aromatic heterocycles. The minimum Gasteiger partial charge on any atom is -0.438 e. The van der Waals surface area contributed by atoms with Gasteiger partial charge in [-0.2, -0.15) is 0 Å². The summed E-state index contributed by atoms with van der Waals surface area (Å²) < 4.78 is 5.69. The summed E-state index contributed by atoms with van der Waals surface area (Å²) in [5.41, 5.74) is 7.53. The van der Waals surface area contributed by atoms with Crippen LogP contribution in [0.25, 0.3) is 0 Å². The maximum absolute atomic E-state index is 11.6. The summed E-state index contributed by atoms with van der Waals surface area (Å²) in [6.07, 6.45) is 1.45. The molecule has 0 bridgehead atoms. The molecule has 0 fully saturated rings. The molecule has 0 aliphatic rings. The molecular formula is C15H17N3O2. The van der Waals surface area contributed by atoms with E-state index in [1.165, 1.54) is 13.3 Å². The summed E-state index contributed by atoms with van der Waals surface area (Å²) in [6, 6.07) is 6.72. The third-order valence-electron chi connectivity index (χ3n) is 2.85. The number of carbonyl (C=O) groups excluding carboxylic acids is 1. The van der Waals surface area contributed by atoms with Gasteiger partial charge < -0.3 is 10.5 Å². The molecule has 0 aliphatic heterocycles. The Morgan fingerprint density at radius 3 is 2.65 bits per heavy atom. The van der Waals surface area contributed by atoms with E-state index in [1.54, 1.807) is 24.3 Å². The van der Waals surface area contributed by atoms with Gasteiger partial charge in [0.15, 0.2) is 5.78 Å². The highest BCUT2D eigenvalue weighted by Gasteiger charge is 2.11. The average molecular weight is 271 g/mol. The van der Waals surface area contributed by atoms with Crippen LogP contribution in [0.5, 0.6) is 11.6 Å². The van der Waals surface area contributed by atoms with Crippen LogP contribution >= 0.6 is 0 Å². The van der Waals surface area contributed by atoms with Crippen LogP contribution in [0, 0.1) is 0 Å². The van der Waals surface area contributed by atoms with Gasteiger partial charge in [-0.15, -0.1) is 0 Å². The van der Waals surface area contributed by atoms with E-state index in [-0.39, 0.29) is 11.7 Å². The highest BCUT2D eigenvalue weighted by molar-refractivity contribution is 5.97. The fraction of sp³-hybridized carbons (Fsp3) is 0.267. The van der Waals surface area contributed by atoms with Crippen LogP contribution in [0.1, 0.15) is 42.7 Å². The number of ketones is 1. The number of Topliss-reactive ketones (excluding diaryl/α,β-unsaturated/α-hetero) is 1. The quantitative estimate of drug-likeness (QED) is 0.682. The van der Waals surface area contributed by atoms with E-state index in [1.807, 2.05) is 13.8 Å². The Hall–Kier alpha value is -2.43. The lowest BCUT2D eigenvalue weighted by atomic mass is 10.1. The second-order valence-electron chi connectivity index (χ2n) is 4.85. The minimum absolute atomic E-state index is 0.106. The number of benzene rings is 1. The monoisotopic (exact) mass is 271 g/mol. The van der Waals surface area contributed by atoms with Crippen molar-refractivity contribution in [1.29, 1.82) is 0 Å². The molecule has 0 atom stereocenters. The van der Waals surface area contributed by atoms with Gasteiger partial charge in [-0.3, -0.25) is 4.79 Å². The predicted octanol–water partition coefficient (Wildman–Crippen LogP) is 3.18. The van der Waals surface area contributed by atoms with Crippen molar-refractivity contribution in [3.05, 3.63) is 41.9 Å². The van der Waals surface area contributed by atoms with Gasteiger partial charge >= 0.3 is 0 Å². The highest BCUT2D eigenvalue weighted by Crippen LogP contribution is 2.27. The predicted molar refractivity (Wildman–Crippen MR) is 77.1 cm³/mol.